The second kappa shape index (κ2) is 12.6. The normalized spacial score (nSPS) is 23.9. The lowest BCUT2D eigenvalue weighted by Crippen LogP contribution is -2.38. The maximum atomic E-state index is 11.8. The number of hydrogen-bond donors (Lipinski definition) is 3. The Morgan fingerprint density at radius 1 is 0.962 bits per heavy atom. The second-order valence-corrected chi connectivity index (χ2v) is 7.60. The zero-order valence-corrected chi connectivity index (χ0v) is 15.9. The average Bonchev–Trinajstić information content (AvgIpc) is 2.74. The van der Waals surface area contributed by atoms with Crippen molar-refractivity contribution in [3.8, 4) is 0 Å². The van der Waals surface area contributed by atoms with Crippen molar-refractivity contribution in [3.63, 3.8) is 0 Å². The van der Waals surface area contributed by atoms with Crippen LogP contribution < -0.4 is 5.32 Å². The standard InChI is InChI=1S/C13H23NO4.C6H13NO/c15-9-11-1-5-14(6-2-11)10-18-13(16)12-3-7-17-8-4-12;8-5-6-1-3-7-4-2-6/h11-12,15H,1-10H2;6-8H,1-5H2. The van der Waals surface area contributed by atoms with Crippen LogP contribution in [0.4, 0.5) is 0 Å². The van der Waals surface area contributed by atoms with Gasteiger partial charge in [0.05, 0.1) is 5.92 Å². The van der Waals surface area contributed by atoms with Crippen molar-refractivity contribution in [3.05, 3.63) is 0 Å². The molecule has 0 aromatic carbocycles. The Labute approximate surface area is 157 Å². The first-order chi connectivity index (χ1) is 12.7. The van der Waals surface area contributed by atoms with Crippen molar-refractivity contribution < 1.29 is 24.5 Å². The number of esters is 1. The highest BCUT2D eigenvalue weighted by molar-refractivity contribution is 5.72. The highest BCUT2D eigenvalue weighted by Crippen LogP contribution is 2.18. The lowest BCUT2D eigenvalue weighted by atomic mass is 9.98. The number of hydrogen-bond acceptors (Lipinski definition) is 7. The molecule has 152 valence electrons. The summed E-state index contributed by atoms with van der Waals surface area (Å²) < 4.78 is 10.6. The van der Waals surface area contributed by atoms with Crippen molar-refractivity contribution in [2.45, 2.75) is 38.5 Å². The summed E-state index contributed by atoms with van der Waals surface area (Å²) in [6.07, 6.45) is 5.85. The zero-order chi connectivity index (χ0) is 18.6. The van der Waals surface area contributed by atoms with E-state index >= 15 is 0 Å². The molecule has 7 nitrogen and oxygen atoms in total. The SMILES string of the molecule is O=C(OCN1CCC(CO)CC1)C1CCOCC1.OCC1CCNCC1. The number of rotatable bonds is 5. The number of likely N-dealkylation sites (tertiary alicyclic amines) is 1. The molecule has 3 saturated heterocycles. The first-order valence-electron chi connectivity index (χ1n) is 10.1. The monoisotopic (exact) mass is 372 g/mol. The molecule has 3 aliphatic heterocycles. The van der Waals surface area contributed by atoms with E-state index in [1.807, 2.05) is 0 Å². The van der Waals surface area contributed by atoms with Gasteiger partial charge in [0.25, 0.3) is 0 Å². The third kappa shape index (κ3) is 7.88. The van der Waals surface area contributed by atoms with Crippen LogP contribution in [0.1, 0.15) is 38.5 Å². The largest absolute Gasteiger partial charge is 0.449 e. The van der Waals surface area contributed by atoms with E-state index in [4.69, 9.17) is 19.7 Å². The molecule has 0 aliphatic carbocycles. The van der Waals surface area contributed by atoms with E-state index in [1.165, 1.54) is 0 Å². The van der Waals surface area contributed by atoms with E-state index in [2.05, 4.69) is 10.2 Å². The van der Waals surface area contributed by atoms with Gasteiger partial charge in [0.1, 0.15) is 6.73 Å². The summed E-state index contributed by atoms with van der Waals surface area (Å²) in [5.74, 6) is 0.944. The van der Waals surface area contributed by atoms with Crippen LogP contribution in [-0.2, 0) is 14.3 Å². The van der Waals surface area contributed by atoms with Crippen molar-refractivity contribution in [2.75, 3.05) is 59.3 Å². The second-order valence-electron chi connectivity index (χ2n) is 7.60. The van der Waals surface area contributed by atoms with Crippen molar-refractivity contribution in [1.82, 2.24) is 10.2 Å². The number of piperidine rings is 2. The highest BCUT2D eigenvalue weighted by Gasteiger charge is 2.24. The van der Waals surface area contributed by atoms with Gasteiger partial charge in [-0.2, -0.15) is 0 Å². The fourth-order valence-electron chi connectivity index (χ4n) is 3.57. The van der Waals surface area contributed by atoms with Gasteiger partial charge in [0, 0.05) is 39.5 Å². The summed E-state index contributed by atoms with van der Waals surface area (Å²) in [5, 5.41) is 21.0. The molecular formula is C19H36N2O5. The smallest absolute Gasteiger partial charge is 0.310 e. The molecule has 0 bridgehead atoms. The number of nitrogens with zero attached hydrogens (tertiary/aromatic N) is 1. The van der Waals surface area contributed by atoms with Crippen LogP contribution in [0.2, 0.25) is 0 Å². The maximum Gasteiger partial charge on any atom is 0.310 e. The van der Waals surface area contributed by atoms with Gasteiger partial charge >= 0.3 is 5.97 Å². The molecular weight excluding hydrogens is 336 g/mol. The van der Waals surface area contributed by atoms with Gasteiger partial charge in [-0.15, -0.1) is 0 Å². The Morgan fingerprint density at radius 2 is 1.54 bits per heavy atom. The molecule has 0 radical (unpaired) electrons. The zero-order valence-electron chi connectivity index (χ0n) is 15.9. The number of carbonyl (C=O) groups excluding carboxylic acids is 1. The Kier molecular flexibility index (Phi) is 10.5. The van der Waals surface area contributed by atoms with E-state index in [9.17, 15) is 4.79 Å². The van der Waals surface area contributed by atoms with Crippen molar-refractivity contribution >= 4 is 5.97 Å². The predicted octanol–water partition coefficient (Wildman–Crippen LogP) is 0.596. The molecule has 3 N–H and O–H groups in total. The van der Waals surface area contributed by atoms with Gasteiger partial charge < -0.3 is 25.0 Å². The predicted molar refractivity (Wildman–Crippen MR) is 98.6 cm³/mol. The van der Waals surface area contributed by atoms with Crippen LogP contribution in [0.3, 0.4) is 0 Å². The van der Waals surface area contributed by atoms with Crippen molar-refractivity contribution in [1.29, 1.82) is 0 Å². The quantitative estimate of drug-likeness (QED) is 0.609. The topological polar surface area (TPSA) is 91.3 Å². The van der Waals surface area contributed by atoms with E-state index in [0.717, 1.165) is 64.7 Å². The van der Waals surface area contributed by atoms with Crippen LogP contribution in [0, 0.1) is 17.8 Å². The van der Waals surface area contributed by atoms with Crippen LogP contribution in [0.15, 0.2) is 0 Å². The summed E-state index contributed by atoms with van der Waals surface area (Å²) in [7, 11) is 0. The summed E-state index contributed by atoms with van der Waals surface area (Å²) in [5.41, 5.74) is 0. The Balaban J connectivity index is 0.000000254. The van der Waals surface area contributed by atoms with Gasteiger partial charge in [-0.3, -0.25) is 9.69 Å². The molecule has 0 saturated carbocycles. The van der Waals surface area contributed by atoms with Gasteiger partial charge in [-0.05, 0) is 63.5 Å². The first-order valence-corrected chi connectivity index (χ1v) is 10.1. The lowest BCUT2D eigenvalue weighted by molar-refractivity contribution is -0.157. The molecule has 0 aromatic heterocycles. The molecule has 3 aliphatic rings. The van der Waals surface area contributed by atoms with Gasteiger partial charge in [0.15, 0.2) is 0 Å². The van der Waals surface area contributed by atoms with E-state index in [1.54, 1.807) is 0 Å². The van der Waals surface area contributed by atoms with Crippen molar-refractivity contribution in [2.24, 2.45) is 17.8 Å². The molecule has 26 heavy (non-hydrogen) atoms. The third-order valence-electron chi connectivity index (χ3n) is 5.63. The molecule has 0 unspecified atom stereocenters. The van der Waals surface area contributed by atoms with E-state index in [0.29, 0.717) is 38.4 Å². The molecule has 3 heterocycles. The molecule has 3 fully saturated rings. The maximum absolute atomic E-state index is 11.8. The highest BCUT2D eigenvalue weighted by atomic mass is 16.5. The molecule has 0 spiro atoms. The van der Waals surface area contributed by atoms with Gasteiger partial charge in [-0.25, -0.2) is 0 Å². The minimum atomic E-state index is -0.0809. The fourth-order valence-corrected chi connectivity index (χ4v) is 3.57. The molecule has 0 atom stereocenters. The first kappa shape index (κ1) is 21.6. The average molecular weight is 373 g/mol. The fraction of sp³-hybridized carbons (Fsp3) is 0.947. The molecule has 0 amide bonds. The van der Waals surface area contributed by atoms with E-state index in [-0.39, 0.29) is 18.5 Å². The molecule has 7 heteroatoms. The van der Waals surface area contributed by atoms with Gasteiger partial charge in [-0.1, -0.05) is 0 Å². The number of aliphatic hydroxyl groups is 2. The van der Waals surface area contributed by atoms with E-state index < -0.39 is 0 Å². The van der Waals surface area contributed by atoms with Crippen LogP contribution in [0.5, 0.6) is 0 Å². The summed E-state index contributed by atoms with van der Waals surface area (Å²) in [6, 6.07) is 0. The number of nitrogens with one attached hydrogen (secondary N) is 1. The van der Waals surface area contributed by atoms with Crippen LogP contribution >= 0.6 is 0 Å². The summed E-state index contributed by atoms with van der Waals surface area (Å²) in [4.78, 5) is 14.0. The van der Waals surface area contributed by atoms with Gasteiger partial charge in [0.2, 0.25) is 0 Å². The third-order valence-corrected chi connectivity index (χ3v) is 5.63. The molecule has 0 aromatic rings. The Bertz CT molecular complexity index is 376. The minimum absolute atomic E-state index is 0.0220. The Hall–Kier alpha value is -0.730. The number of ether oxygens (including phenoxy) is 2. The summed E-state index contributed by atoms with van der Waals surface area (Å²) >= 11 is 0. The van der Waals surface area contributed by atoms with Crippen LogP contribution in [0.25, 0.3) is 0 Å². The molecule has 3 rings (SSSR count). The summed E-state index contributed by atoms with van der Waals surface area (Å²) in [6.45, 7) is 6.38. The lowest BCUT2D eigenvalue weighted by Gasteiger charge is -2.31. The number of carbonyl (C=O) groups is 1. The number of aliphatic hydroxyl groups excluding tert-OH is 2. The van der Waals surface area contributed by atoms with Crippen LogP contribution in [-0.4, -0.2) is 80.4 Å². The minimum Gasteiger partial charge on any atom is -0.449 e. The Morgan fingerprint density at radius 3 is 2.08 bits per heavy atom.